The van der Waals surface area contributed by atoms with E-state index in [0.29, 0.717) is 6.04 Å². The van der Waals surface area contributed by atoms with E-state index in [1.54, 1.807) is 0 Å². The van der Waals surface area contributed by atoms with Gasteiger partial charge in [0.05, 0.1) is 12.6 Å². The van der Waals surface area contributed by atoms with Gasteiger partial charge < -0.3 is 16.4 Å². The molecular formula is C15H28N4O2. The molecule has 0 bridgehead atoms. The highest BCUT2D eigenvalue weighted by molar-refractivity contribution is 5.83. The molecule has 1 saturated heterocycles. The van der Waals surface area contributed by atoms with E-state index in [4.69, 9.17) is 5.73 Å². The first-order valence-corrected chi connectivity index (χ1v) is 8.13. The molecule has 1 atom stereocenters. The lowest BCUT2D eigenvalue weighted by Crippen LogP contribution is -2.55. The first-order valence-electron chi connectivity index (χ1n) is 8.13. The monoisotopic (exact) mass is 296 g/mol. The van der Waals surface area contributed by atoms with Crippen LogP contribution in [0.25, 0.3) is 0 Å². The van der Waals surface area contributed by atoms with Crippen LogP contribution in [0.15, 0.2) is 0 Å². The van der Waals surface area contributed by atoms with Crippen molar-refractivity contribution in [2.24, 2.45) is 5.73 Å². The van der Waals surface area contributed by atoms with Gasteiger partial charge in [0.25, 0.3) is 0 Å². The maximum Gasteiger partial charge on any atom is 0.237 e. The summed E-state index contributed by atoms with van der Waals surface area (Å²) in [6.45, 7) is 3.90. The molecule has 1 unspecified atom stereocenters. The topological polar surface area (TPSA) is 87.5 Å². The van der Waals surface area contributed by atoms with E-state index in [-0.39, 0.29) is 30.4 Å². The minimum absolute atomic E-state index is 0.0293. The van der Waals surface area contributed by atoms with Crippen molar-refractivity contribution in [3.8, 4) is 0 Å². The Morgan fingerprint density at radius 3 is 2.43 bits per heavy atom. The largest absolute Gasteiger partial charge is 0.369 e. The second kappa shape index (κ2) is 7.75. The van der Waals surface area contributed by atoms with Crippen LogP contribution < -0.4 is 16.4 Å². The molecule has 2 amide bonds. The average molecular weight is 296 g/mol. The van der Waals surface area contributed by atoms with Crippen molar-refractivity contribution < 1.29 is 9.59 Å². The zero-order valence-corrected chi connectivity index (χ0v) is 12.9. The van der Waals surface area contributed by atoms with Gasteiger partial charge in [-0.05, 0) is 45.7 Å². The maximum atomic E-state index is 12.4. The van der Waals surface area contributed by atoms with Gasteiger partial charge in [-0.3, -0.25) is 14.5 Å². The fourth-order valence-electron chi connectivity index (χ4n) is 3.44. The lowest BCUT2D eigenvalue weighted by atomic mass is 10.0. The molecule has 1 saturated carbocycles. The Morgan fingerprint density at radius 1 is 1.24 bits per heavy atom. The highest BCUT2D eigenvalue weighted by Crippen LogP contribution is 2.19. The predicted octanol–water partition coefficient (Wildman–Crippen LogP) is -0.0270. The number of amides is 2. The van der Waals surface area contributed by atoms with E-state index in [9.17, 15) is 9.59 Å². The summed E-state index contributed by atoms with van der Waals surface area (Å²) in [5.41, 5.74) is 5.37. The first kappa shape index (κ1) is 16.2. The Bertz CT molecular complexity index is 363. The first-order chi connectivity index (χ1) is 10.1. The SMILES string of the molecule is CC(C(=O)NC1CCCC1)N(CC(N)=O)C1CCNCC1. The molecule has 1 heterocycles. The number of carbonyl (C=O) groups is 2. The Balaban J connectivity index is 1.96. The molecular weight excluding hydrogens is 268 g/mol. The summed E-state index contributed by atoms with van der Waals surface area (Å²) in [7, 11) is 0. The molecule has 2 aliphatic rings. The molecule has 1 aliphatic carbocycles. The summed E-state index contributed by atoms with van der Waals surface area (Å²) in [5.74, 6) is -0.337. The number of hydrogen-bond acceptors (Lipinski definition) is 4. The van der Waals surface area contributed by atoms with E-state index in [2.05, 4.69) is 10.6 Å². The number of nitrogens with zero attached hydrogens (tertiary/aromatic N) is 1. The Kier molecular flexibility index (Phi) is 5.99. The summed E-state index contributed by atoms with van der Waals surface area (Å²) in [4.78, 5) is 25.8. The lowest BCUT2D eigenvalue weighted by molar-refractivity contribution is -0.129. The van der Waals surface area contributed by atoms with E-state index >= 15 is 0 Å². The Morgan fingerprint density at radius 2 is 1.86 bits per heavy atom. The summed E-state index contributed by atoms with van der Waals surface area (Å²) >= 11 is 0. The Labute approximate surface area is 126 Å². The van der Waals surface area contributed by atoms with E-state index in [1.165, 1.54) is 12.8 Å². The van der Waals surface area contributed by atoms with Crippen LogP contribution in [0.2, 0.25) is 0 Å². The third-order valence-electron chi connectivity index (χ3n) is 4.69. The van der Waals surface area contributed by atoms with Gasteiger partial charge in [0.15, 0.2) is 0 Å². The third kappa shape index (κ3) is 4.68. The molecule has 0 aromatic carbocycles. The molecule has 1 aliphatic heterocycles. The van der Waals surface area contributed by atoms with Gasteiger partial charge in [-0.1, -0.05) is 12.8 Å². The highest BCUT2D eigenvalue weighted by Gasteiger charge is 2.31. The number of nitrogens with two attached hydrogens (primary N) is 1. The van der Waals surface area contributed by atoms with Crippen molar-refractivity contribution in [2.75, 3.05) is 19.6 Å². The molecule has 2 fully saturated rings. The van der Waals surface area contributed by atoms with Crippen LogP contribution >= 0.6 is 0 Å². The van der Waals surface area contributed by atoms with Gasteiger partial charge >= 0.3 is 0 Å². The summed E-state index contributed by atoms with van der Waals surface area (Å²) in [6, 6.07) is 0.257. The van der Waals surface area contributed by atoms with Crippen LogP contribution in [0, 0.1) is 0 Å². The molecule has 6 nitrogen and oxygen atoms in total. The molecule has 2 rings (SSSR count). The maximum absolute atomic E-state index is 12.4. The van der Waals surface area contributed by atoms with Crippen LogP contribution in [0.4, 0.5) is 0 Å². The van der Waals surface area contributed by atoms with E-state index < -0.39 is 0 Å². The number of hydrogen-bond donors (Lipinski definition) is 3. The standard InChI is InChI=1S/C15H28N4O2/c1-11(15(21)18-12-4-2-3-5-12)19(10-14(16)20)13-6-8-17-9-7-13/h11-13,17H,2-10H2,1H3,(H2,16,20)(H,18,21). The fourth-order valence-corrected chi connectivity index (χ4v) is 3.44. The van der Waals surface area contributed by atoms with Crippen LogP contribution in [-0.2, 0) is 9.59 Å². The summed E-state index contributed by atoms with van der Waals surface area (Å²) in [6.07, 6.45) is 6.43. The van der Waals surface area contributed by atoms with Gasteiger partial charge in [0.1, 0.15) is 0 Å². The van der Waals surface area contributed by atoms with Crippen molar-refractivity contribution in [1.29, 1.82) is 0 Å². The fraction of sp³-hybridized carbons (Fsp3) is 0.867. The zero-order valence-electron chi connectivity index (χ0n) is 12.9. The van der Waals surface area contributed by atoms with Crippen molar-refractivity contribution in [3.63, 3.8) is 0 Å². The van der Waals surface area contributed by atoms with Gasteiger partial charge in [-0.2, -0.15) is 0 Å². The number of piperidine rings is 1. The van der Waals surface area contributed by atoms with Crippen LogP contribution in [-0.4, -0.2) is 54.5 Å². The molecule has 21 heavy (non-hydrogen) atoms. The summed E-state index contributed by atoms with van der Waals surface area (Å²) in [5, 5.41) is 6.43. The average Bonchev–Trinajstić information content (AvgIpc) is 2.97. The van der Waals surface area contributed by atoms with Crippen molar-refractivity contribution in [3.05, 3.63) is 0 Å². The second-order valence-corrected chi connectivity index (χ2v) is 6.29. The van der Waals surface area contributed by atoms with Gasteiger partial charge in [-0.25, -0.2) is 0 Å². The summed E-state index contributed by atoms with van der Waals surface area (Å²) < 4.78 is 0. The number of primary amides is 1. The molecule has 0 aromatic rings. The second-order valence-electron chi connectivity index (χ2n) is 6.29. The molecule has 0 radical (unpaired) electrons. The quantitative estimate of drug-likeness (QED) is 0.642. The number of carbonyl (C=O) groups excluding carboxylic acids is 2. The third-order valence-corrected chi connectivity index (χ3v) is 4.69. The minimum atomic E-state index is -0.367. The normalized spacial score (nSPS) is 22.4. The molecule has 6 heteroatoms. The van der Waals surface area contributed by atoms with Gasteiger partial charge in [-0.15, -0.1) is 0 Å². The molecule has 120 valence electrons. The van der Waals surface area contributed by atoms with Crippen LogP contribution in [0.3, 0.4) is 0 Å². The Hall–Kier alpha value is -1.14. The molecule has 4 N–H and O–H groups in total. The number of nitrogens with one attached hydrogen (secondary N) is 2. The van der Waals surface area contributed by atoms with Crippen molar-refractivity contribution in [1.82, 2.24) is 15.5 Å². The zero-order chi connectivity index (χ0) is 15.2. The van der Waals surface area contributed by atoms with Crippen LogP contribution in [0.5, 0.6) is 0 Å². The highest BCUT2D eigenvalue weighted by atomic mass is 16.2. The number of rotatable bonds is 6. The van der Waals surface area contributed by atoms with Crippen LogP contribution in [0.1, 0.15) is 45.4 Å². The predicted molar refractivity (Wildman–Crippen MR) is 81.7 cm³/mol. The van der Waals surface area contributed by atoms with Gasteiger partial charge in [0, 0.05) is 12.1 Å². The van der Waals surface area contributed by atoms with Crippen molar-refractivity contribution >= 4 is 11.8 Å². The molecule has 0 spiro atoms. The lowest BCUT2D eigenvalue weighted by Gasteiger charge is -2.37. The minimum Gasteiger partial charge on any atom is -0.369 e. The van der Waals surface area contributed by atoms with E-state index in [0.717, 1.165) is 38.8 Å². The van der Waals surface area contributed by atoms with E-state index in [1.807, 2.05) is 11.8 Å². The molecule has 0 aromatic heterocycles. The van der Waals surface area contributed by atoms with Gasteiger partial charge in [0.2, 0.25) is 11.8 Å². The smallest absolute Gasteiger partial charge is 0.237 e. The van der Waals surface area contributed by atoms with Crippen molar-refractivity contribution in [2.45, 2.75) is 63.6 Å².